The molecule has 1 amide bonds. The summed E-state index contributed by atoms with van der Waals surface area (Å²) in [5.41, 5.74) is 2.22. The maximum atomic E-state index is 13.4. The highest BCUT2D eigenvalue weighted by Crippen LogP contribution is 2.55. The highest BCUT2D eigenvalue weighted by molar-refractivity contribution is 6.31. The van der Waals surface area contributed by atoms with E-state index in [9.17, 15) is 14.9 Å². The van der Waals surface area contributed by atoms with Gasteiger partial charge >= 0.3 is 0 Å². The molecule has 2 fully saturated rings. The monoisotopic (exact) mass is 841 g/mol. The number of nitrogens with zero attached hydrogens (tertiary/aromatic N) is 5. The van der Waals surface area contributed by atoms with Crippen LogP contribution in [0.4, 0.5) is 5.95 Å². The molecule has 1 aliphatic carbocycles. The summed E-state index contributed by atoms with van der Waals surface area (Å²) < 4.78 is 26.6. The van der Waals surface area contributed by atoms with Crippen LogP contribution in [0.15, 0.2) is 102 Å². The molecule has 3 aromatic carbocycles. The van der Waals surface area contributed by atoms with E-state index < -0.39 is 10.8 Å². The molecule has 4 heterocycles. The molecule has 8 rings (SSSR count). The van der Waals surface area contributed by atoms with Crippen LogP contribution >= 0.6 is 11.6 Å². The molecule has 1 aliphatic heterocycles. The van der Waals surface area contributed by atoms with Crippen LogP contribution in [0.25, 0.3) is 22.0 Å². The number of carbonyl (C=O) groups excluding carboxylic acids is 1. The summed E-state index contributed by atoms with van der Waals surface area (Å²) in [5, 5.41) is 13.6. The first kappa shape index (κ1) is 41.4. The Morgan fingerprint density at radius 1 is 0.934 bits per heavy atom. The number of nitrogens with one attached hydrogen (secondary N) is 2. The zero-order valence-corrected chi connectivity index (χ0v) is 35.5. The minimum atomic E-state index is -0.391. The van der Waals surface area contributed by atoms with Crippen LogP contribution in [-0.4, -0.2) is 70.0 Å². The summed E-state index contributed by atoms with van der Waals surface area (Å²) in [4.78, 5) is 40.3. The third-order valence-electron chi connectivity index (χ3n) is 11.9. The van der Waals surface area contributed by atoms with Crippen molar-refractivity contribution in [3.05, 3.63) is 124 Å². The van der Waals surface area contributed by atoms with E-state index in [2.05, 4.69) is 58.9 Å². The molecule has 1 saturated carbocycles. The van der Waals surface area contributed by atoms with Crippen molar-refractivity contribution in [3.63, 3.8) is 0 Å². The number of ether oxygens (including phenoxy) is 4. The smallest absolute Gasteiger partial charge is 0.274 e. The van der Waals surface area contributed by atoms with E-state index in [0.717, 1.165) is 42.4 Å². The average molecular weight is 842 g/mol. The van der Waals surface area contributed by atoms with Gasteiger partial charge in [-0.2, -0.15) is 5.26 Å². The Kier molecular flexibility index (Phi) is 11.5. The van der Waals surface area contributed by atoms with Crippen molar-refractivity contribution in [2.24, 2.45) is 17.9 Å². The number of anilines is 1. The Balaban J connectivity index is 0.787. The molecule has 0 bridgehead atoms. The van der Waals surface area contributed by atoms with Gasteiger partial charge in [-0.1, -0.05) is 63.6 Å². The van der Waals surface area contributed by atoms with Gasteiger partial charge in [0.2, 0.25) is 5.95 Å². The number of nitriles is 1. The molecule has 1 saturated heterocycles. The van der Waals surface area contributed by atoms with Crippen molar-refractivity contribution in [1.82, 2.24) is 24.8 Å². The van der Waals surface area contributed by atoms with Gasteiger partial charge in [0.15, 0.2) is 0 Å². The van der Waals surface area contributed by atoms with E-state index in [4.69, 9.17) is 30.5 Å². The summed E-state index contributed by atoms with van der Waals surface area (Å²) in [6.07, 6.45) is 8.25. The van der Waals surface area contributed by atoms with Crippen LogP contribution in [0.5, 0.6) is 23.0 Å². The van der Waals surface area contributed by atoms with E-state index in [1.54, 1.807) is 48.4 Å². The number of benzene rings is 3. The molecule has 14 heteroatoms. The van der Waals surface area contributed by atoms with E-state index in [-0.39, 0.29) is 29.7 Å². The summed E-state index contributed by atoms with van der Waals surface area (Å²) in [6, 6.07) is 24.1. The second-order valence-electron chi connectivity index (χ2n) is 16.8. The van der Waals surface area contributed by atoms with Gasteiger partial charge in [-0.3, -0.25) is 9.59 Å². The largest absolute Gasteiger partial charge is 0.491 e. The fourth-order valence-electron chi connectivity index (χ4n) is 9.02. The van der Waals surface area contributed by atoms with Gasteiger partial charge in [0, 0.05) is 90.4 Å². The molecule has 13 nitrogen and oxygen atoms in total. The van der Waals surface area contributed by atoms with E-state index >= 15 is 0 Å². The lowest BCUT2D eigenvalue weighted by Gasteiger charge is -2.63. The lowest BCUT2D eigenvalue weighted by Crippen LogP contribution is -2.74. The zero-order chi connectivity index (χ0) is 42.9. The van der Waals surface area contributed by atoms with Crippen molar-refractivity contribution in [1.29, 1.82) is 5.26 Å². The summed E-state index contributed by atoms with van der Waals surface area (Å²) in [6.45, 7) is 10.5. The first-order valence-electron chi connectivity index (χ1n) is 20.4. The number of halogens is 1. The molecule has 6 aromatic rings. The van der Waals surface area contributed by atoms with Crippen molar-refractivity contribution in [3.8, 4) is 40.2 Å². The number of aromatic amines is 1. The highest BCUT2D eigenvalue weighted by atomic mass is 35.5. The number of piperidine rings is 1. The number of fused-ring (bicyclic) bond motifs is 1. The number of hydrogen-bond donors (Lipinski definition) is 2. The van der Waals surface area contributed by atoms with Crippen molar-refractivity contribution >= 4 is 34.4 Å². The molecule has 0 radical (unpaired) electrons. The van der Waals surface area contributed by atoms with Crippen LogP contribution in [0.3, 0.4) is 0 Å². The number of rotatable bonds is 13. The quantitative estimate of drug-likeness (QED) is 0.108. The van der Waals surface area contributed by atoms with Gasteiger partial charge in [-0.15, -0.1) is 0 Å². The van der Waals surface area contributed by atoms with Gasteiger partial charge in [0.1, 0.15) is 47.3 Å². The third-order valence-corrected chi connectivity index (χ3v) is 12.2. The first-order valence-corrected chi connectivity index (χ1v) is 20.7. The second kappa shape index (κ2) is 17.0. The number of amides is 1. The van der Waals surface area contributed by atoms with Gasteiger partial charge in [-0.05, 0) is 49.2 Å². The van der Waals surface area contributed by atoms with E-state index in [1.807, 2.05) is 60.8 Å². The third kappa shape index (κ3) is 8.38. The molecule has 0 spiro atoms. The predicted octanol–water partition coefficient (Wildman–Crippen LogP) is 8.32. The maximum absolute atomic E-state index is 13.4. The molecule has 3 aromatic heterocycles. The van der Waals surface area contributed by atoms with Crippen LogP contribution in [0.1, 0.15) is 56.5 Å². The van der Waals surface area contributed by atoms with Crippen molar-refractivity contribution in [2.45, 2.75) is 58.8 Å². The van der Waals surface area contributed by atoms with Crippen LogP contribution in [-0.2, 0) is 11.8 Å². The molecular weight excluding hydrogens is 794 g/mol. The van der Waals surface area contributed by atoms with Crippen molar-refractivity contribution < 1.29 is 23.7 Å². The summed E-state index contributed by atoms with van der Waals surface area (Å²) in [5.74, 6) is 2.87. The van der Waals surface area contributed by atoms with Gasteiger partial charge in [-0.25, -0.2) is 9.97 Å². The van der Waals surface area contributed by atoms with E-state index in [1.165, 1.54) is 0 Å². The van der Waals surface area contributed by atoms with Crippen molar-refractivity contribution in [2.75, 3.05) is 31.2 Å². The summed E-state index contributed by atoms with van der Waals surface area (Å²) in [7, 11) is 1.74. The Morgan fingerprint density at radius 2 is 1.67 bits per heavy atom. The Labute approximate surface area is 359 Å². The number of para-hydroxylation sites is 1. The molecular formula is C47H48ClN7O6. The Morgan fingerprint density at radius 3 is 2.41 bits per heavy atom. The maximum Gasteiger partial charge on any atom is 0.274 e. The fourth-order valence-corrected chi connectivity index (χ4v) is 9.24. The number of carbonyl (C=O) groups is 1. The van der Waals surface area contributed by atoms with Crippen LogP contribution < -0.4 is 30.0 Å². The topological polar surface area (TPSA) is 157 Å². The highest BCUT2D eigenvalue weighted by Gasteiger charge is 2.64. The molecule has 2 aliphatic rings. The number of H-pyrrole nitrogens is 1. The average Bonchev–Trinajstić information content (AvgIpc) is 3.76. The summed E-state index contributed by atoms with van der Waals surface area (Å²) >= 11 is 6.24. The minimum absolute atomic E-state index is 0.0796. The molecule has 61 heavy (non-hydrogen) atoms. The lowest BCUT2D eigenvalue weighted by atomic mass is 9.49. The van der Waals surface area contributed by atoms with Crippen LogP contribution in [0, 0.1) is 22.2 Å². The fraction of sp³-hybridized carbons (Fsp3) is 0.340. The van der Waals surface area contributed by atoms with Gasteiger partial charge < -0.3 is 38.7 Å². The van der Waals surface area contributed by atoms with E-state index in [0.29, 0.717) is 63.8 Å². The molecule has 0 atom stereocenters. The molecule has 314 valence electrons. The Bertz CT molecular complexity index is 2650. The zero-order valence-electron chi connectivity index (χ0n) is 34.8. The minimum Gasteiger partial charge on any atom is -0.491 e. The standard InChI is InChI=1S/C47H48ClN7O6/c1-46(2)43(47(3,4)44(46)61-34-14-13-29(25-49)38(48)24-34)53-41(56)30-26-51-45(52-27-30)55-19-16-31(17-20-55)58-21-22-59-32-9-8-10-33(23-32)60-39-12-7-6-11-35(39)37-28-54(5)42(57)40-36(37)15-18-50-40/h6-15,18,23-24,26-28,31,43-44,50H,16-17,19-22H2,1-5H3,(H,53,56)/t43-,44-. The Hall–Kier alpha value is -6.36. The van der Waals surface area contributed by atoms with Crippen LogP contribution in [0.2, 0.25) is 5.02 Å². The van der Waals surface area contributed by atoms with Gasteiger partial charge in [0.25, 0.3) is 11.5 Å². The lowest BCUT2D eigenvalue weighted by molar-refractivity contribution is -0.164. The van der Waals surface area contributed by atoms with Gasteiger partial charge in [0.05, 0.1) is 28.9 Å². The predicted molar refractivity (Wildman–Crippen MR) is 234 cm³/mol. The number of hydrogen-bond acceptors (Lipinski definition) is 10. The number of aromatic nitrogens is 4. The first-order chi connectivity index (χ1) is 29.3. The molecule has 0 unspecified atom stereocenters. The normalized spacial score (nSPS) is 18.2. The number of aryl methyl sites for hydroxylation is 1. The molecule has 2 N–H and O–H groups in total. The second-order valence-corrected chi connectivity index (χ2v) is 17.2. The SMILES string of the molecule is Cn1cc(-c2ccccc2Oc2cccc(OCCOC3CCN(c4ncc(C(=O)N[C@H]5C(C)(C)[C@H](Oc6ccc(C#N)c(Cl)c6)C5(C)C)cn4)CC3)c2)c2cc[nH]c2c1=O. The number of pyridine rings is 1.